The third kappa shape index (κ3) is 14.7. The van der Waals surface area contributed by atoms with Gasteiger partial charge in [-0.25, -0.2) is 0 Å². The summed E-state index contributed by atoms with van der Waals surface area (Å²) in [5.74, 6) is -1.32. The molecule has 0 radical (unpaired) electrons. The topological polar surface area (TPSA) is 116 Å². The quantitative estimate of drug-likeness (QED) is 0.134. The molecular weight excluding hydrogens is 665 g/mol. The predicted molar refractivity (Wildman–Crippen MR) is 129 cm³/mol. The number of amides is 4. The van der Waals surface area contributed by atoms with Crippen LogP contribution >= 0.6 is 0 Å². The molecule has 0 bridgehead atoms. The molecule has 0 saturated carbocycles. The number of unbranched alkanes of at least 4 members (excludes halogenated alkanes) is 1. The summed E-state index contributed by atoms with van der Waals surface area (Å²) in [4.78, 5) is 47.4. The molecule has 8 nitrogen and oxygen atoms in total. The summed E-state index contributed by atoms with van der Waals surface area (Å²) in [5, 5.41) is 10.1. The van der Waals surface area contributed by atoms with Gasteiger partial charge in [0.2, 0.25) is 17.7 Å². The molecule has 9 heteroatoms. The number of allylic oxidation sites excluding steroid dienone is 2. The third-order valence-corrected chi connectivity index (χ3v) is 4.16. The number of hydrogen-bond acceptors (Lipinski definition) is 4. The Kier molecular flexibility index (Phi) is 23.3. The smallest absolute Gasteiger partial charge is 0.247 e. The number of hydrogen-bond donors (Lipinski definition) is 4. The van der Waals surface area contributed by atoms with Crippen LogP contribution in [0.4, 0.5) is 0 Å². The molecular formula is C24H41FmN4O4-. The SMILES string of the molecule is C=CCNC(=O)C(NC(=O)CNC(=O)[C@H](CCCC)N[C-]=O)C1=CCCC=C1.CC.CC.[Fm]. The Hall–Kier alpha value is -3.90. The molecule has 0 spiro atoms. The van der Waals surface area contributed by atoms with Crippen molar-refractivity contribution >= 4 is 24.1 Å². The van der Waals surface area contributed by atoms with Crippen molar-refractivity contribution in [3.63, 3.8) is 0 Å². The van der Waals surface area contributed by atoms with Gasteiger partial charge < -0.3 is 26.1 Å². The molecule has 0 fully saturated rings. The van der Waals surface area contributed by atoms with Gasteiger partial charge >= 0.3 is 0 Å². The van der Waals surface area contributed by atoms with E-state index in [-0.39, 0.29) is 19.0 Å². The summed E-state index contributed by atoms with van der Waals surface area (Å²) < 4.78 is 0. The molecule has 33 heavy (non-hydrogen) atoms. The minimum Gasteiger partial charge on any atom is -0.520 e. The summed E-state index contributed by atoms with van der Waals surface area (Å²) in [6.07, 6.45) is 12.5. The molecule has 0 aromatic heterocycles. The molecule has 0 saturated heterocycles. The van der Waals surface area contributed by atoms with Crippen LogP contribution in [0, 0.1) is 0 Å². The van der Waals surface area contributed by atoms with Gasteiger partial charge in [0.25, 0.3) is 0 Å². The van der Waals surface area contributed by atoms with E-state index in [4.69, 9.17) is 0 Å². The number of rotatable bonds is 13. The average Bonchev–Trinajstić information content (AvgIpc) is 2.85. The summed E-state index contributed by atoms with van der Waals surface area (Å²) >= 11 is 0. The predicted octanol–water partition coefficient (Wildman–Crippen LogP) is 2.43. The first-order chi connectivity index (χ1) is 15.5. The Morgan fingerprint density at radius 1 is 1.12 bits per heavy atom. The van der Waals surface area contributed by atoms with Crippen LogP contribution in [0.5, 0.6) is 0 Å². The fraction of sp³-hybridized carbons (Fsp3) is 0.583. The van der Waals surface area contributed by atoms with Crippen molar-refractivity contribution in [3.05, 3.63) is 36.5 Å². The Morgan fingerprint density at radius 3 is 2.30 bits per heavy atom. The standard InChI is InChI=1S/C20H29N4O4.2C2H6.Fm/c1-3-5-11-16(23-14-25)19(27)22-13-17(26)24-18(20(28)21-12-4-2)15-9-7-6-8-10-15;2*1-2;/h4,7,9-10,16,18H,2-3,5-6,8,11-13H2,1H3,(H,21,28)(H,22,27)(H,23,25)(H,24,26);2*1-2H3;/q-1;;;/t16-,18?;;;/m0.../s1. The molecule has 2 atom stereocenters. The molecule has 4 N–H and O–H groups in total. The summed E-state index contributed by atoms with van der Waals surface area (Å²) in [7, 11) is 0. The van der Waals surface area contributed by atoms with Gasteiger partial charge in [0, 0.05) is 6.54 Å². The van der Waals surface area contributed by atoms with Crippen molar-refractivity contribution in [1.82, 2.24) is 21.3 Å². The zero-order valence-electron chi connectivity index (χ0n) is 20.5. The van der Waals surface area contributed by atoms with Crippen LogP contribution in [0.15, 0.2) is 36.5 Å². The van der Waals surface area contributed by atoms with E-state index in [0.29, 0.717) is 12.0 Å². The second-order valence-electron chi connectivity index (χ2n) is 6.38. The summed E-state index contributed by atoms with van der Waals surface area (Å²) in [5.41, 5.74) is 0.700. The van der Waals surface area contributed by atoms with E-state index in [1.165, 1.54) is 6.41 Å². The van der Waals surface area contributed by atoms with E-state index in [9.17, 15) is 19.2 Å². The summed E-state index contributed by atoms with van der Waals surface area (Å²) in [6, 6.07) is -1.58. The number of nitrogens with one attached hydrogen (secondary N) is 4. The van der Waals surface area contributed by atoms with Crippen molar-refractivity contribution in [3.8, 4) is 0 Å². The minimum absolute atomic E-state index is 0. The maximum Gasteiger partial charge on any atom is 0.247 e. The van der Waals surface area contributed by atoms with E-state index >= 15 is 0 Å². The van der Waals surface area contributed by atoms with Crippen molar-refractivity contribution in [2.75, 3.05) is 13.1 Å². The van der Waals surface area contributed by atoms with Crippen LogP contribution in [-0.4, -0.2) is 49.3 Å². The van der Waals surface area contributed by atoms with Gasteiger partial charge in [-0.2, -0.15) is 6.41 Å². The van der Waals surface area contributed by atoms with Gasteiger partial charge in [-0.05, 0) is 24.8 Å². The molecule has 0 aromatic rings. The molecule has 194 valence electrons. The summed E-state index contributed by atoms with van der Waals surface area (Å²) in [6.45, 7) is 13.5. The first-order valence-corrected chi connectivity index (χ1v) is 11.5. The molecule has 1 aliphatic rings. The van der Waals surface area contributed by atoms with Gasteiger partial charge in [0.05, 0.1) is 12.6 Å². The fourth-order valence-corrected chi connectivity index (χ4v) is 2.67. The van der Waals surface area contributed by atoms with Crippen LogP contribution in [0.25, 0.3) is 0 Å². The first kappa shape index (κ1) is 33.7. The largest absolute Gasteiger partial charge is 0.520 e. The molecule has 0 aromatic carbocycles. The maximum absolute atomic E-state index is 12.4. The number of carbonyl (C=O) groups excluding carboxylic acids is 4. The van der Waals surface area contributed by atoms with Gasteiger partial charge in [0.15, 0.2) is 0 Å². The first-order valence-electron chi connectivity index (χ1n) is 11.5. The zero-order chi connectivity index (χ0) is 24.8. The Balaban J connectivity index is -0.00000170. The van der Waals surface area contributed by atoms with Crippen LogP contribution in [0.1, 0.15) is 66.7 Å². The van der Waals surface area contributed by atoms with Gasteiger partial charge in [-0.1, -0.05) is 71.8 Å². The van der Waals surface area contributed by atoms with Crippen molar-refractivity contribution < 1.29 is 19.2 Å². The molecule has 4 amide bonds. The molecule has 1 unspecified atom stereocenters. The third-order valence-electron chi connectivity index (χ3n) is 4.16. The van der Waals surface area contributed by atoms with Crippen molar-refractivity contribution in [1.29, 1.82) is 0 Å². The van der Waals surface area contributed by atoms with Crippen LogP contribution < -0.4 is 21.3 Å². The maximum atomic E-state index is 12.4. The molecule has 0 aliphatic heterocycles. The van der Waals surface area contributed by atoms with Gasteiger partial charge in [-0.3, -0.25) is 14.4 Å². The zero-order valence-corrected chi connectivity index (χ0v) is 22.9. The minimum atomic E-state index is -0.849. The van der Waals surface area contributed by atoms with Crippen molar-refractivity contribution in [2.24, 2.45) is 0 Å². The van der Waals surface area contributed by atoms with Crippen LogP contribution in [0.3, 0.4) is 0 Å². The Bertz CT molecular complexity index is 636. The second kappa shape index (κ2) is 22.8. The fourth-order valence-electron chi connectivity index (χ4n) is 2.67. The van der Waals surface area contributed by atoms with Crippen LogP contribution in [0.2, 0.25) is 0 Å². The normalized spacial score (nSPS) is 12.9. The number of carbonyl (C=O) groups is 3. The average molecular weight is 707 g/mol. The second-order valence-corrected chi connectivity index (χ2v) is 6.38. The van der Waals surface area contributed by atoms with E-state index < -0.39 is 23.9 Å². The monoisotopic (exact) mass is 706 g/mol. The van der Waals surface area contributed by atoms with Gasteiger partial charge in [-0.15, -0.1) is 6.58 Å². The Labute approximate surface area is 193 Å². The van der Waals surface area contributed by atoms with E-state index in [2.05, 4.69) is 27.8 Å². The van der Waals surface area contributed by atoms with E-state index in [0.717, 1.165) is 25.7 Å². The van der Waals surface area contributed by atoms with E-state index in [1.54, 1.807) is 6.08 Å². The molecule has 1 aliphatic carbocycles. The van der Waals surface area contributed by atoms with Gasteiger partial charge in [0.1, 0.15) is 6.04 Å². The molecule has 0 heterocycles. The van der Waals surface area contributed by atoms with Crippen molar-refractivity contribution in [2.45, 2.75) is 78.8 Å². The molecule has 1 rings (SSSR count). The van der Waals surface area contributed by atoms with E-state index in [1.807, 2.05) is 52.8 Å². The van der Waals surface area contributed by atoms with Crippen LogP contribution in [-0.2, 0) is 19.2 Å². The Morgan fingerprint density at radius 2 is 1.79 bits per heavy atom.